The number of halogens is 1. The van der Waals surface area contributed by atoms with Gasteiger partial charge >= 0.3 is 0 Å². The highest BCUT2D eigenvalue weighted by Crippen LogP contribution is 2.44. The van der Waals surface area contributed by atoms with Gasteiger partial charge in [0.2, 0.25) is 0 Å². The molecule has 1 heterocycles. The zero-order valence-corrected chi connectivity index (χ0v) is 11.7. The number of hydrogen-bond donors (Lipinski definition) is 2. The van der Waals surface area contributed by atoms with Gasteiger partial charge in [-0.05, 0) is 47.7 Å². The van der Waals surface area contributed by atoms with Crippen LogP contribution in [-0.4, -0.2) is 23.0 Å². The molecule has 1 fully saturated rings. The van der Waals surface area contributed by atoms with Crippen LogP contribution in [0.5, 0.6) is 0 Å². The van der Waals surface area contributed by atoms with Crippen LogP contribution in [-0.2, 0) is 0 Å². The second kappa shape index (κ2) is 4.81. The van der Waals surface area contributed by atoms with Crippen molar-refractivity contribution in [3.8, 4) is 0 Å². The third-order valence-corrected chi connectivity index (χ3v) is 4.43. The molecule has 6 nitrogen and oxygen atoms in total. The summed E-state index contributed by atoms with van der Waals surface area (Å²) in [5.41, 5.74) is 6.49. The maximum atomic E-state index is 10.8. The number of rotatable bonds is 5. The molecule has 98 valence electrons. The molecule has 1 saturated carbocycles. The average Bonchev–Trinajstić information content (AvgIpc) is 3.11. The maximum absolute atomic E-state index is 10.8. The molecule has 1 aromatic heterocycles. The van der Waals surface area contributed by atoms with E-state index < -0.39 is 4.92 Å². The summed E-state index contributed by atoms with van der Waals surface area (Å²) in [6, 6.07) is 0. The molecule has 1 aliphatic carbocycles. The van der Waals surface area contributed by atoms with Crippen molar-refractivity contribution in [1.29, 1.82) is 0 Å². The van der Waals surface area contributed by atoms with Crippen LogP contribution in [0, 0.1) is 22.5 Å². The molecule has 0 unspecified atom stereocenters. The number of nitrogens with two attached hydrogens (primary N) is 1. The lowest BCUT2D eigenvalue weighted by atomic mass is 10.1. The van der Waals surface area contributed by atoms with Gasteiger partial charge < -0.3 is 11.1 Å². The van der Waals surface area contributed by atoms with Crippen molar-refractivity contribution in [3.05, 3.63) is 26.3 Å². The van der Waals surface area contributed by atoms with E-state index in [0.717, 1.165) is 19.4 Å². The van der Waals surface area contributed by atoms with E-state index in [1.54, 1.807) is 6.92 Å². The predicted octanol–water partition coefficient (Wildman–Crippen LogP) is 2.21. The van der Waals surface area contributed by atoms with Crippen molar-refractivity contribution in [1.82, 2.24) is 4.98 Å². The molecule has 18 heavy (non-hydrogen) atoms. The fraction of sp³-hybridized carbons (Fsp3) is 0.545. The number of nitrogens with zero attached hydrogens (tertiary/aromatic N) is 2. The van der Waals surface area contributed by atoms with Gasteiger partial charge in [-0.15, -0.1) is 0 Å². The number of aromatic nitrogens is 1. The summed E-state index contributed by atoms with van der Waals surface area (Å²) < 4.78 is 0.643. The van der Waals surface area contributed by atoms with Crippen molar-refractivity contribution in [2.75, 3.05) is 18.4 Å². The first kappa shape index (κ1) is 13.2. The second-order valence-corrected chi connectivity index (χ2v) is 5.54. The van der Waals surface area contributed by atoms with Crippen LogP contribution in [0.3, 0.4) is 0 Å². The first-order chi connectivity index (χ1) is 8.49. The minimum absolute atomic E-state index is 0.0207. The molecular formula is C11H15BrN4O2. The largest absolute Gasteiger partial charge is 0.369 e. The van der Waals surface area contributed by atoms with E-state index in [-0.39, 0.29) is 11.1 Å². The summed E-state index contributed by atoms with van der Waals surface area (Å²) in [7, 11) is 0. The van der Waals surface area contributed by atoms with Crippen LogP contribution in [0.1, 0.15) is 18.4 Å². The SMILES string of the molecule is Cc1c([N+](=O)[O-])cnc(NCC2(CN)CC2)c1Br. The summed E-state index contributed by atoms with van der Waals surface area (Å²) >= 11 is 3.35. The Hall–Kier alpha value is -1.21. The van der Waals surface area contributed by atoms with Crippen LogP contribution in [0.2, 0.25) is 0 Å². The quantitative estimate of drug-likeness (QED) is 0.642. The number of pyridine rings is 1. The summed E-state index contributed by atoms with van der Waals surface area (Å²) in [4.78, 5) is 14.4. The fourth-order valence-electron chi connectivity index (χ4n) is 1.78. The number of nitrogens with one attached hydrogen (secondary N) is 1. The molecule has 0 radical (unpaired) electrons. The minimum Gasteiger partial charge on any atom is -0.369 e. The van der Waals surface area contributed by atoms with Gasteiger partial charge in [0.1, 0.15) is 12.0 Å². The summed E-state index contributed by atoms with van der Waals surface area (Å²) in [5.74, 6) is 0.637. The van der Waals surface area contributed by atoms with Gasteiger partial charge in [-0.2, -0.15) is 0 Å². The Balaban J connectivity index is 2.14. The molecule has 3 N–H and O–H groups in total. The second-order valence-electron chi connectivity index (χ2n) is 4.75. The standard InChI is InChI=1S/C11H15BrN4O2/c1-7-8(16(17)18)4-14-10(9(7)12)15-6-11(5-13)2-3-11/h4H,2-3,5-6,13H2,1H3,(H,14,15). The molecule has 0 saturated heterocycles. The average molecular weight is 315 g/mol. The monoisotopic (exact) mass is 314 g/mol. The molecule has 0 atom stereocenters. The van der Waals surface area contributed by atoms with E-state index >= 15 is 0 Å². The number of nitro groups is 1. The van der Waals surface area contributed by atoms with E-state index in [9.17, 15) is 10.1 Å². The van der Waals surface area contributed by atoms with E-state index in [1.807, 2.05) is 0 Å². The van der Waals surface area contributed by atoms with Crippen molar-refractivity contribution in [3.63, 3.8) is 0 Å². The Kier molecular flexibility index (Phi) is 3.54. The maximum Gasteiger partial charge on any atom is 0.291 e. The lowest BCUT2D eigenvalue weighted by Crippen LogP contribution is -2.24. The zero-order chi connectivity index (χ0) is 13.3. The van der Waals surface area contributed by atoms with E-state index in [1.165, 1.54) is 6.20 Å². The van der Waals surface area contributed by atoms with Crippen LogP contribution in [0.25, 0.3) is 0 Å². The predicted molar refractivity (Wildman–Crippen MR) is 72.5 cm³/mol. The van der Waals surface area contributed by atoms with Crippen molar-refractivity contribution < 1.29 is 4.92 Å². The lowest BCUT2D eigenvalue weighted by molar-refractivity contribution is -0.385. The van der Waals surface area contributed by atoms with E-state index in [0.29, 0.717) is 22.4 Å². The normalized spacial score (nSPS) is 16.4. The van der Waals surface area contributed by atoms with Gasteiger partial charge in [0.15, 0.2) is 0 Å². The Morgan fingerprint density at radius 2 is 2.33 bits per heavy atom. The Labute approximate surface area is 113 Å². The zero-order valence-electron chi connectivity index (χ0n) is 10.1. The highest BCUT2D eigenvalue weighted by Gasteiger charge is 2.41. The third kappa shape index (κ3) is 2.46. The minimum atomic E-state index is -0.431. The Morgan fingerprint density at radius 1 is 1.67 bits per heavy atom. The molecule has 0 amide bonds. The molecular weight excluding hydrogens is 300 g/mol. The lowest BCUT2D eigenvalue weighted by Gasteiger charge is -2.15. The van der Waals surface area contributed by atoms with Crippen LogP contribution < -0.4 is 11.1 Å². The van der Waals surface area contributed by atoms with Gasteiger partial charge in [-0.1, -0.05) is 0 Å². The molecule has 1 aromatic rings. The summed E-state index contributed by atoms with van der Waals surface area (Å²) in [6.07, 6.45) is 3.53. The molecule has 7 heteroatoms. The highest BCUT2D eigenvalue weighted by atomic mass is 79.9. The first-order valence-corrected chi connectivity index (χ1v) is 6.52. The highest BCUT2D eigenvalue weighted by molar-refractivity contribution is 9.10. The van der Waals surface area contributed by atoms with Crippen molar-refractivity contribution in [2.45, 2.75) is 19.8 Å². The molecule has 1 aliphatic rings. The van der Waals surface area contributed by atoms with Gasteiger partial charge in [-0.3, -0.25) is 10.1 Å². The van der Waals surface area contributed by atoms with Gasteiger partial charge in [-0.25, -0.2) is 4.98 Å². The van der Waals surface area contributed by atoms with Crippen molar-refractivity contribution >= 4 is 27.4 Å². The smallest absolute Gasteiger partial charge is 0.291 e. The van der Waals surface area contributed by atoms with Gasteiger partial charge in [0.05, 0.1) is 9.40 Å². The fourth-order valence-corrected chi connectivity index (χ4v) is 2.22. The summed E-state index contributed by atoms with van der Waals surface area (Å²) in [6.45, 7) is 3.11. The van der Waals surface area contributed by atoms with Gasteiger partial charge in [0.25, 0.3) is 5.69 Å². The Morgan fingerprint density at radius 3 is 2.83 bits per heavy atom. The molecule has 0 bridgehead atoms. The molecule has 0 aromatic carbocycles. The van der Waals surface area contributed by atoms with E-state index in [4.69, 9.17) is 5.73 Å². The van der Waals surface area contributed by atoms with Crippen LogP contribution in [0.15, 0.2) is 10.7 Å². The first-order valence-electron chi connectivity index (χ1n) is 5.72. The van der Waals surface area contributed by atoms with E-state index in [2.05, 4.69) is 26.2 Å². The summed E-state index contributed by atoms with van der Waals surface area (Å²) in [5, 5.41) is 14.0. The molecule has 0 aliphatic heterocycles. The third-order valence-electron chi connectivity index (χ3n) is 3.45. The molecule has 0 spiro atoms. The molecule has 2 rings (SSSR count). The Bertz CT molecular complexity index is 488. The van der Waals surface area contributed by atoms with Crippen LogP contribution in [0.4, 0.5) is 11.5 Å². The van der Waals surface area contributed by atoms with Gasteiger partial charge in [0, 0.05) is 12.1 Å². The van der Waals surface area contributed by atoms with Crippen molar-refractivity contribution in [2.24, 2.45) is 11.1 Å². The topological polar surface area (TPSA) is 94.1 Å². The number of anilines is 1. The van der Waals surface area contributed by atoms with Crippen LogP contribution >= 0.6 is 15.9 Å². The number of hydrogen-bond acceptors (Lipinski definition) is 5.